The summed E-state index contributed by atoms with van der Waals surface area (Å²) in [5.74, 6) is -5.17. The van der Waals surface area contributed by atoms with Gasteiger partial charge in [0.2, 0.25) is 23.6 Å². The number of aliphatic hydroxyl groups excluding tert-OH is 2. The Labute approximate surface area is 255 Å². The van der Waals surface area contributed by atoms with Gasteiger partial charge in [0, 0.05) is 23.5 Å². The van der Waals surface area contributed by atoms with E-state index in [-0.39, 0.29) is 6.42 Å². The maximum atomic E-state index is 13.2. The number of amides is 4. The third kappa shape index (κ3) is 10.3. The third-order valence-corrected chi connectivity index (χ3v) is 7.14. The predicted octanol–water partition coefficient (Wildman–Crippen LogP) is -1.78. The summed E-state index contributed by atoms with van der Waals surface area (Å²) in [7, 11) is 0. The fourth-order valence-corrected chi connectivity index (χ4v) is 4.53. The fraction of sp³-hybridized carbons (Fsp3) is 0.552. The number of aliphatic carboxylic acids is 1. The van der Waals surface area contributed by atoms with E-state index >= 15 is 0 Å². The molecule has 1 aromatic heterocycles. The van der Waals surface area contributed by atoms with Crippen molar-refractivity contribution in [2.24, 2.45) is 17.4 Å². The first kappa shape index (κ1) is 36.1. The Morgan fingerprint density at radius 2 is 1.48 bits per heavy atom. The van der Waals surface area contributed by atoms with Gasteiger partial charge < -0.3 is 53.0 Å². The SMILES string of the molecule is CC(C)[C@H](NC(=O)[C@H](CO)NC(=O)[C@@H](N)CCCCN)C(=O)N[C@H](C(=O)N[C@@H](Cc1c[nH]c2ccccc12)C(=O)O)[C@@H](C)O. The summed E-state index contributed by atoms with van der Waals surface area (Å²) in [6, 6.07) is 0.732. The van der Waals surface area contributed by atoms with Crippen molar-refractivity contribution in [1.82, 2.24) is 26.3 Å². The van der Waals surface area contributed by atoms with Crippen LogP contribution in [-0.2, 0) is 30.4 Å². The topological polar surface area (TPSA) is 262 Å². The van der Waals surface area contributed by atoms with Crippen LogP contribution in [-0.4, -0.2) is 99.4 Å². The molecule has 2 rings (SSSR count). The lowest BCUT2D eigenvalue weighted by molar-refractivity contribution is -0.143. The highest BCUT2D eigenvalue weighted by molar-refractivity contribution is 5.96. The molecule has 0 saturated carbocycles. The van der Waals surface area contributed by atoms with Crippen LogP contribution in [0.1, 0.15) is 45.6 Å². The highest BCUT2D eigenvalue weighted by Gasteiger charge is 2.34. The third-order valence-electron chi connectivity index (χ3n) is 7.14. The number of benzene rings is 1. The molecule has 0 aliphatic heterocycles. The lowest BCUT2D eigenvalue weighted by Crippen LogP contribution is -2.62. The average molecular weight is 620 g/mol. The number of carbonyl (C=O) groups is 5. The second kappa shape index (κ2) is 17.3. The molecule has 0 fully saturated rings. The van der Waals surface area contributed by atoms with E-state index in [2.05, 4.69) is 26.3 Å². The van der Waals surface area contributed by atoms with Crippen molar-refractivity contribution in [1.29, 1.82) is 0 Å². The van der Waals surface area contributed by atoms with Gasteiger partial charge in [-0.05, 0) is 43.9 Å². The molecule has 2 aromatic rings. The molecular formula is C29H45N7O8. The molecule has 0 unspecified atom stereocenters. The Hall–Kier alpha value is -4.05. The van der Waals surface area contributed by atoms with Gasteiger partial charge in [-0.2, -0.15) is 0 Å². The molecule has 15 nitrogen and oxygen atoms in total. The molecule has 0 saturated heterocycles. The number of H-pyrrole nitrogens is 1. The zero-order chi connectivity index (χ0) is 33.0. The molecule has 244 valence electrons. The highest BCUT2D eigenvalue weighted by atomic mass is 16.4. The average Bonchev–Trinajstić information content (AvgIpc) is 3.38. The molecule has 44 heavy (non-hydrogen) atoms. The molecule has 1 heterocycles. The number of nitrogens with two attached hydrogens (primary N) is 2. The molecule has 0 aliphatic rings. The number of aromatic nitrogens is 1. The Bertz CT molecular complexity index is 1280. The molecule has 0 bridgehead atoms. The van der Waals surface area contributed by atoms with E-state index in [1.54, 1.807) is 26.1 Å². The second-order valence-corrected chi connectivity index (χ2v) is 11.1. The van der Waals surface area contributed by atoms with Gasteiger partial charge in [-0.25, -0.2) is 4.79 Å². The van der Waals surface area contributed by atoms with Crippen molar-refractivity contribution < 1.29 is 39.3 Å². The van der Waals surface area contributed by atoms with E-state index in [1.165, 1.54) is 6.92 Å². The molecule has 1 aromatic carbocycles. The van der Waals surface area contributed by atoms with Gasteiger partial charge in [-0.3, -0.25) is 19.2 Å². The van der Waals surface area contributed by atoms with E-state index < -0.39 is 78.4 Å². The van der Waals surface area contributed by atoms with Crippen molar-refractivity contribution in [3.8, 4) is 0 Å². The minimum Gasteiger partial charge on any atom is -0.480 e. The quantitative estimate of drug-likeness (QED) is 0.0839. The maximum Gasteiger partial charge on any atom is 0.326 e. The van der Waals surface area contributed by atoms with Crippen molar-refractivity contribution in [2.45, 2.75) is 82.8 Å². The molecule has 0 spiro atoms. The number of aliphatic hydroxyl groups is 2. The van der Waals surface area contributed by atoms with Crippen LogP contribution in [0, 0.1) is 5.92 Å². The number of rotatable bonds is 18. The summed E-state index contributed by atoms with van der Waals surface area (Å²) in [6.45, 7) is 4.15. The van der Waals surface area contributed by atoms with Crippen LogP contribution in [0.4, 0.5) is 0 Å². The summed E-state index contributed by atoms with van der Waals surface area (Å²) in [5.41, 5.74) is 12.7. The van der Waals surface area contributed by atoms with Crippen LogP contribution in [0.3, 0.4) is 0 Å². The Kier molecular flexibility index (Phi) is 14.2. The first-order valence-electron chi connectivity index (χ1n) is 14.5. The maximum absolute atomic E-state index is 13.2. The summed E-state index contributed by atoms with van der Waals surface area (Å²) >= 11 is 0. The van der Waals surface area contributed by atoms with Gasteiger partial charge >= 0.3 is 5.97 Å². The molecule has 0 radical (unpaired) electrons. The molecular weight excluding hydrogens is 574 g/mol. The van der Waals surface area contributed by atoms with Crippen LogP contribution in [0.2, 0.25) is 0 Å². The van der Waals surface area contributed by atoms with Gasteiger partial charge in [0.25, 0.3) is 0 Å². The standard InChI is InChI=1S/C29H45N7O8/c1-15(2)23(35-26(40)22(14-37)34-25(39)19(31)9-6-7-11-30)27(41)36-24(16(3)38)28(42)33-21(29(43)44)12-17-13-32-20-10-5-4-8-18(17)20/h4-5,8,10,13,15-16,19,21-24,32,37-38H,6-7,9,11-12,14,30-31H2,1-3H3,(H,33,42)(H,34,39)(H,35,40)(H,36,41)(H,43,44)/t16-,19+,21+,22+,23+,24+/m1/s1. The number of aromatic amines is 1. The number of hydrogen-bond acceptors (Lipinski definition) is 9. The minimum atomic E-state index is -1.56. The van der Waals surface area contributed by atoms with Gasteiger partial charge in [0.1, 0.15) is 24.2 Å². The van der Waals surface area contributed by atoms with E-state index in [9.17, 15) is 39.3 Å². The normalized spacial score (nSPS) is 15.5. The summed E-state index contributed by atoms with van der Waals surface area (Å²) in [4.78, 5) is 66.7. The number of para-hydroxylation sites is 1. The first-order chi connectivity index (χ1) is 20.8. The number of nitrogens with one attached hydrogen (secondary N) is 5. The lowest BCUT2D eigenvalue weighted by Gasteiger charge is -2.28. The molecule has 12 N–H and O–H groups in total. The van der Waals surface area contributed by atoms with Crippen molar-refractivity contribution in [3.05, 3.63) is 36.0 Å². The smallest absolute Gasteiger partial charge is 0.326 e. The first-order valence-corrected chi connectivity index (χ1v) is 14.5. The van der Waals surface area contributed by atoms with Gasteiger partial charge in [0.15, 0.2) is 0 Å². The van der Waals surface area contributed by atoms with Crippen molar-refractivity contribution in [2.75, 3.05) is 13.2 Å². The van der Waals surface area contributed by atoms with E-state index in [4.69, 9.17) is 11.5 Å². The Balaban J connectivity index is 2.09. The summed E-state index contributed by atoms with van der Waals surface area (Å²) in [6.07, 6.45) is 1.74. The second-order valence-electron chi connectivity index (χ2n) is 11.1. The number of carboxylic acid groups (broad SMARTS) is 1. The predicted molar refractivity (Wildman–Crippen MR) is 162 cm³/mol. The van der Waals surface area contributed by atoms with E-state index in [0.29, 0.717) is 31.4 Å². The highest BCUT2D eigenvalue weighted by Crippen LogP contribution is 2.19. The molecule has 0 aliphatic carbocycles. The zero-order valence-corrected chi connectivity index (χ0v) is 25.2. The van der Waals surface area contributed by atoms with E-state index in [0.717, 1.165) is 10.9 Å². The number of carbonyl (C=O) groups excluding carboxylic acids is 4. The Morgan fingerprint density at radius 1 is 0.864 bits per heavy atom. The van der Waals surface area contributed by atoms with Crippen LogP contribution >= 0.6 is 0 Å². The molecule has 4 amide bonds. The van der Waals surface area contributed by atoms with Crippen LogP contribution in [0.15, 0.2) is 30.5 Å². The Morgan fingerprint density at radius 3 is 2.07 bits per heavy atom. The fourth-order valence-electron chi connectivity index (χ4n) is 4.53. The largest absolute Gasteiger partial charge is 0.480 e. The van der Waals surface area contributed by atoms with E-state index in [1.807, 2.05) is 18.2 Å². The molecule has 15 heteroatoms. The van der Waals surface area contributed by atoms with Gasteiger partial charge in [-0.1, -0.05) is 38.5 Å². The van der Waals surface area contributed by atoms with Gasteiger partial charge in [-0.15, -0.1) is 0 Å². The molecule has 6 atom stereocenters. The monoisotopic (exact) mass is 619 g/mol. The minimum absolute atomic E-state index is 0.0683. The number of fused-ring (bicyclic) bond motifs is 1. The summed E-state index contributed by atoms with van der Waals surface area (Å²) in [5, 5.41) is 40.2. The van der Waals surface area contributed by atoms with Crippen molar-refractivity contribution in [3.63, 3.8) is 0 Å². The summed E-state index contributed by atoms with van der Waals surface area (Å²) < 4.78 is 0. The lowest BCUT2D eigenvalue weighted by atomic mass is 10.0. The zero-order valence-electron chi connectivity index (χ0n) is 25.2. The number of unbranched alkanes of at least 4 members (excludes halogenated alkanes) is 1. The van der Waals surface area contributed by atoms with Gasteiger partial charge in [0.05, 0.1) is 18.8 Å². The van der Waals surface area contributed by atoms with Crippen LogP contribution < -0.4 is 32.7 Å². The number of hydrogen-bond donors (Lipinski definition) is 10. The number of carboxylic acids is 1. The van der Waals surface area contributed by atoms with Crippen LogP contribution in [0.25, 0.3) is 10.9 Å². The van der Waals surface area contributed by atoms with Crippen molar-refractivity contribution >= 4 is 40.5 Å². The van der Waals surface area contributed by atoms with Crippen LogP contribution in [0.5, 0.6) is 0 Å².